The van der Waals surface area contributed by atoms with Gasteiger partial charge in [-0.15, -0.1) is 0 Å². The summed E-state index contributed by atoms with van der Waals surface area (Å²) in [6.07, 6.45) is 3.91. The summed E-state index contributed by atoms with van der Waals surface area (Å²) in [4.78, 5) is 20.1. The van der Waals surface area contributed by atoms with E-state index in [1.807, 2.05) is 12.1 Å². The highest BCUT2D eigenvalue weighted by Crippen LogP contribution is 2.20. The fourth-order valence-electron chi connectivity index (χ4n) is 4.17. The van der Waals surface area contributed by atoms with E-state index in [0.717, 1.165) is 63.4 Å². The van der Waals surface area contributed by atoms with Crippen molar-refractivity contribution in [3.63, 3.8) is 0 Å². The Morgan fingerprint density at radius 1 is 1.17 bits per heavy atom. The number of likely N-dealkylation sites (tertiary alicyclic amines) is 2. The minimum absolute atomic E-state index is 0.118. The van der Waals surface area contributed by atoms with Gasteiger partial charge in [0.2, 0.25) is 0 Å². The molecule has 0 aliphatic carbocycles. The Hall–Kier alpha value is -2.35. The number of carbonyl (C=O) groups excluding carboxylic acids is 1. The van der Waals surface area contributed by atoms with Crippen LogP contribution in [-0.4, -0.2) is 67.1 Å². The lowest BCUT2D eigenvalue weighted by Crippen LogP contribution is -2.50. The molecule has 2 fully saturated rings. The maximum Gasteiger partial charge on any atom is 0.314 e. The molecular formula is C22H35FN6O. The molecule has 2 amide bonds. The van der Waals surface area contributed by atoms with Gasteiger partial charge in [0.05, 0.1) is 0 Å². The molecule has 2 saturated heterocycles. The minimum atomic E-state index is -0.338. The molecule has 0 bridgehead atoms. The molecule has 30 heavy (non-hydrogen) atoms. The second-order valence-corrected chi connectivity index (χ2v) is 8.27. The molecule has 4 N–H and O–H groups in total. The van der Waals surface area contributed by atoms with Gasteiger partial charge in [-0.05, 0) is 57.7 Å². The van der Waals surface area contributed by atoms with E-state index in [1.54, 1.807) is 11.0 Å². The molecule has 1 aromatic rings. The topological polar surface area (TPSA) is 86.0 Å². The fraction of sp³-hybridized carbons (Fsp3) is 0.636. The molecule has 2 aliphatic heterocycles. The van der Waals surface area contributed by atoms with Crippen LogP contribution in [0, 0.1) is 11.7 Å². The standard InChI is InChI=1S/C22H35FN6O/c1-2-25-22(27-19-9-13-29(14-10-19)21(24)30)26-15-17-7-11-28(12-8-17)16-18-5-3-4-6-20(18)23/h3-6,17,19H,2,7-16H2,1H3,(H2,24,30)(H2,25,26,27). The zero-order valence-electron chi connectivity index (χ0n) is 17.9. The first-order valence-corrected chi connectivity index (χ1v) is 11.1. The van der Waals surface area contributed by atoms with Crippen molar-refractivity contribution < 1.29 is 9.18 Å². The van der Waals surface area contributed by atoms with Gasteiger partial charge in [-0.25, -0.2) is 9.18 Å². The van der Waals surface area contributed by atoms with Gasteiger partial charge in [-0.1, -0.05) is 18.2 Å². The first kappa shape index (κ1) is 22.3. The van der Waals surface area contributed by atoms with Gasteiger partial charge >= 0.3 is 6.03 Å². The van der Waals surface area contributed by atoms with E-state index in [-0.39, 0.29) is 11.8 Å². The van der Waals surface area contributed by atoms with E-state index in [1.165, 1.54) is 6.07 Å². The smallest absolute Gasteiger partial charge is 0.314 e. The largest absolute Gasteiger partial charge is 0.357 e. The highest BCUT2D eigenvalue weighted by atomic mass is 19.1. The third kappa shape index (κ3) is 6.58. The molecule has 0 radical (unpaired) electrons. The molecule has 8 heteroatoms. The van der Waals surface area contributed by atoms with Gasteiger partial charge in [-0.2, -0.15) is 0 Å². The predicted molar refractivity (Wildman–Crippen MR) is 118 cm³/mol. The number of guanidine groups is 1. The number of rotatable bonds is 6. The maximum absolute atomic E-state index is 13.9. The van der Waals surface area contributed by atoms with Crippen molar-refractivity contribution in [3.05, 3.63) is 35.6 Å². The van der Waals surface area contributed by atoms with Crippen molar-refractivity contribution in [1.29, 1.82) is 0 Å². The number of aliphatic imine (C=N–C) groups is 1. The highest BCUT2D eigenvalue weighted by Gasteiger charge is 2.23. The first-order chi connectivity index (χ1) is 14.5. The zero-order valence-corrected chi connectivity index (χ0v) is 17.9. The fourth-order valence-corrected chi connectivity index (χ4v) is 4.17. The summed E-state index contributed by atoms with van der Waals surface area (Å²) in [6.45, 7) is 7.68. The van der Waals surface area contributed by atoms with Crippen LogP contribution in [0.5, 0.6) is 0 Å². The molecule has 166 valence electrons. The van der Waals surface area contributed by atoms with Crippen molar-refractivity contribution in [3.8, 4) is 0 Å². The molecule has 3 rings (SSSR count). The van der Waals surface area contributed by atoms with E-state index in [9.17, 15) is 9.18 Å². The van der Waals surface area contributed by atoms with Crippen LogP contribution < -0.4 is 16.4 Å². The van der Waals surface area contributed by atoms with Gasteiger partial charge in [0.25, 0.3) is 0 Å². The van der Waals surface area contributed by atoms with Gasteiger partial charge in [0.15, 0.2) is 5.96 Å². The number of carbonyl (C=O) groups is 1. The minimum Gasteiger partial charge on any atom is -0.357 e. The van der Waals surface area contributed by atoms with Gasteiger partial charge in [0.1, 0.15) is 5.82 Å². The van der Waals surface area contributed by atoms with Crippen LogP contribution in [-0.2, 0) is 6.54 Å². The van der Waals surface area contributed by atoms with Crippen molar-refractivity contribution >= 4 is 12.0 Å². The van der Waals surface area contributed by atoms with Crippen molar-refractivity contribution in [1.82, 2.24) is 20.4 Å². The van der Waals surface area contributed by atoms with E-state index >= 15 is 0 Å². The highest BCUT2D eigenvalue weighted by molar-refractivity contribution is 5.80. The van der Waals surface area contributed by atoms with Crippen molar-refractivity contribution in [2.24, 2.45) is 16.6 Å². The lowest BCUT2D eigenvalue weighted by molar-refractivity contribution is 0.178. The summed E-state index contributed by atoms with van der Waals surface area (Å²) in [5.41, 5.74) is 6.13. The molecule has 2 aliphatic rings. The van der Waals surface area contributed by atoms with Crippen LogP contribution in [0.25, 0.3) is 0 Å². The van der Waals surface area contributed by atoms with E-state index in [2.05, 4.69) is 22.5 Å². The molecule has 0 unspecified atom stereocenters. The number of halogens is 1. The maximum atomic E-state index is 13.9. The molecule has 7 nitrogen and oxygen atoms in total. The summed E-state index contributed by atoms with van der Waals surface area (Å²) in [6, 6.07) is 7.00. The molecule has 0 saturated carbocycles. The summed E-state index contributed by atoms with van der Waals surface area (Å²) < 4.78 is 13.9. The number of benzene rings is 1. The van der Waals surface area contributed by atoms with Crippen LogP contribution in [0.4, 0.5) is 9.18 Å². The lowest BCUT2D eigenvalue weighted by atomic mass is 9.96. The number of hydrogen-bond acceptors (Lipinski definition) is 3. The van der Waals surface area contributed by atoms with Crippen molar-refractivity contribution in [2.45, 2.75) is 45.2 Å². The third-order valence-corrected chi connectivity index (χ3v) is 6.06. The Kier molecular flexibility index (Phi) is 8.30. The van der Waals surface area contributed by atoms with Crippen LogP contribution in [0.1, 0.15) is 38.2 Å². The average molecular weight is 419 g/mol. The first-order valence-electron chi connectivity index (χ1n) is 11.1. The quantitative estimate of drug-likeness (QED) is 0.488. The van der Waals surface area contributed by atoms with E-state index in [4.69, 9.17) is 10.7 Å². The monoisotopic (exact) mass is 418 g/mol. The molecular weight excluding hydrogens is 383 g/mol. The number of urea groups is 1. The Morgan fingerprint density at radius 3 is 2.50 bits per heavy atom. The number of piperidine rings is 2. The Bertz CT molecular complexity index is 711. The Morgan fingerprint density at radius 2 is 1.87 bits per heavy atom. The second-order valence-electron chi connectivity index (χ2n) is 8.27. The van der Waals surface area contributed by atoms with E-state index < -0.39 is 0 Å². The van der Waals surface area contributed by atoms with Gasteiger partial charge < -0.3 is 21.3 Å². The Labute approximate surface area is 178 Å². The number of amides is 2. The van der Waals surface area contributed by atoms with Gasteiger partial charge in [-0.3, -0.25) is 9.89 Å². The summed E-state index contributed by atoms with van der Waals surface area (Å²) in [5, 5.41) is 6.84. The number of nitrogens with one attached hydrogen (secondary N) is 2. The number of primary amides is 1. The third-order valence-electron chi connectivity index (χ3n) is 6.06. The SMILES string of the molecule is CCNC(=NCC1CCN(Cc2ccccc2F)CC1)NC1CCN(C(N)=O)CC1. The summed E-state index contributed by atoms with van der Waals surface area (Å²) in [5.74, 6) is 1.28. The predicted octanol–water partition coefficient (Wildman–Crippen LogP) is 2.14. The summed E-state index contributed by atoms with van der Waals surface area (Å²) >= 11 is 0. The molecule has 0 spiro atoms. The molecule has 0 aromatic heterocycles. The lowest BCUT2D eigenvalue weighted by Gasteiger charge is -2.33. The average Bonchev–Trinajstić information content (AvgIpc) is 2.75. The van der Waals surface area contributed by atoms with Crippen LogP contribution >= 0.6 is 0 Å². The number of hydrogen-bond donors (Lipinski definition) is 3. The summed E-state index contributed by atoms with van der Waals surface area (Å²) in [7, 11) is 0. The van der Waals surface area contributed by atoms with Crippen LogP contribution in [0.3, 0.4) is 0 Å². The second kappa shape index (κ2) is 11.2. The van der Waals surface area contributed by atoms with Crippen molar-refractivity contribution in [2.75, 3.05) is 39.3 Å². The van der Waals surface area contributed by atoms with Crippen LogP contribution in [0.15, 0.2) is 29.3 Å². The zero-order chi connectivity index (χ0) is 21.3. The number of nitrogens with two attached hydrogens (primary N) is 1. The van der Waals surface area contributed by atoms with E-state index in [0.29, 0.717) is 31.6 Å². The molecule has 2 heterocycles. The molecule has 0 atom stereocenters. The normalized spacial score (nSPS) is 19.7. The number of nitrogens with zero attached hydrogens (tertiary/aromatic N) is 3. The van der Waals surface area contributed by atoms with Gasteiger partial charge in [0, 0.05) is 44.3 Å². The molecule has 1 aromatic carbocycles. The van der Waals surface area contributed by atoms with Crippen LogP contribution in [0.2, 0.25) is 0 Å². The Balaban J connectivity index is 1.43.